The lowest BCUT2D eigenvalue weighted by atomic mass is 10.1. The number of benzene rings is 2. The van der Waals surface area contributed by atoms with Crippen LogP contribution >= 0.6 is 11.6 Å². The van der Waals surface area contributed by atoms with Gasteiger partial charge in [0.2, 0.25) is 0 Å². The van der Waals surface area contributed by atoms with Crippen molar-refractivity contribution in [3.63, 3.8) is 0 Å². The molecule has 0 saturated heterocycles. The van der Waals surface area contributed by atoms with E-state index in [1.807, 2.05) is 19.9 Å². The number of sulfonamides is 1. The fraction of sp³-hybridized carbons (Fsp3) is 0.200. The van der Waals surface area contributed by atoms with Crippen molar-refractivity contribution in [1.29, 1.82) is 0 Å². The lowest BCUT2D eigenvalue weighted by molar-refractivity contribution is 0.600. The SMILES string of the molecule is Cc1ccc(NS(=O)(=O)c2cc(N)c(Cl)cc2C)cc1C. The number of rotatable bonds is 3. The molecule has 0 aliphatic carbocycles. The number of hydrogen-bond acceptors (Lipinski definition) is 3. The van der Waals surface area contributed by atoms with Gasteiger partial charge >= 0.3 is 0 Å². The molecule has 0 spiro atoms. The first-order valence-corrected chi connectivity index (χ1v) is 8.22. The van der Waals surface area contributed by atoms with Gasteiger partial charge in [-0.25, -0.2) is 8.42 Å². The molecule has 0 heterocycles. The summed E-state index contributed by atoms with van der Waals surface area (Å²) in [5, 5.41) is 0.345. The maximum absolute atomic E-state index is 12.5. The fourth-order valence-electron chi connectivity index (χ4n) is 1.97. The summed E-state index contributed by atoms with van der Waals surface area (Å²) < 4.78 is 27.5. The highest BCUT2D eigenvalue weighted by Crippen LogP contribution is 2.27. The van der Waals surface area contributed by atoms with E-state index in [2.05, 4.69) is 4.72 Å². The van der Waals surface area contributed by atoms with Crippen LogP contribution in [0, 0.1) is 20.8 Å². The highest BCUT2D eigenvalue weighted by atomic mass is 35.5. The lowest BCUT2D eigenvalue weighted by Crippen LogP contribution is -2.15. The molecule has 112 valence electrons. The Hall–Kier alpha value is -1.72. The van der Waals surface area contributed by atoms with E-state index >= 15 is 0 Å². The van der Waals surface area contributed by atoms with Crippen molar-refractivity contribution >= 4 is 33.0 Å². The van der Waals surface area contributed by atoms with E-state index in [1.54, 1.807) is 25.1 Å². The van der Waals surface area contributed by atoms with Crippen LogP contribution in [-0.4, -0.2) is 8.42 Å². The molecule has 0 fully saturated rings. The quantitative estimate of drug-likeness (QED) is 0.846. The van der Waals surface area contributed by atoms with Gasteiger partial charge in [-0.05, 0) is 61.7 Å². The van der Waals surface area contributed by atoms with Crippen molar-refractivity contribution in [1.82, 2.24) is 0 Å². The zero-order valence-electron chi connectivity index (χ0n) is 12.1. The summed E-state index contributed by atoms with van der Waals surface area (Å²) in [6, 6.07) is 8.32. The molecular weight excluding hydrogens is 308 g/mol. The molecule has 0 radical (unpaired) electrons. The van der Waals surface area contributed by atoms with Gasteiger partial charge in [0.15, 0.2) is 0 Å². The van der Waals surface area contributed by atoms with Crippen LogP contribution in [0.5, 0.6) is 0 Å². The van der Waals surface area contributed by atoms with E-state index in [9.17, 15) is 8.42 Å². The third-order valence-electron chi connectivity index (χ3n) is 3.34. The Balaban J connectivity index is 2.43. The van der Waals surface area contributed by atoms with Crippen molar-refractivity contribution in [3.05, 3.63) is 52.0 Å². The van der Waals surface area contributed by atoms with Crippen molar-refractivity contribution in [3.8, 4) is 0 Å². The van der Waals surface area contributed by atoms with Crippen LogP contribution in [0.2, 0.25) is 5.02 Å². The number of hydrogen-bond donors (Lipinski definition) is 2. The Morgan fingerprint density at radius 2 is 1.67 bits per heavy atom. The molecule has 0 saturated carbocycles. The van der Waals surface area contributed by atoms with Gasteiger partial charge in [-0.2, -0.15) is 0 Å². The fourth-order valence-corrected chi connectivity index (χ4v) is 3.50. The molecule has 2 aromatic rings. The molecule has 0 aromatic heterocycles. The summed E-state index contributed by atoms with van der Waals surface area (Å²) in [6.45, 7) is 5.58. The molecule has 0 unspecified atom stereocenters. The van der Waals surface area contributed by atoms with Crippen LogP contribution in [0.3, 0.4) is 0 Å². The number of nitrogens with two attached hydrogens (primary N) is 1. The summed E-state index contributed by atoms with van der Waals surface area (Å²) >= 11 is 5.89. The molecule has 2 rings (SSSR count). The molecule has 0 atom stereocenters. The Kier molecular flexibility index (Phi) is 4.16. The third kappa shape index (κ3) is 3.31. The largest absolute Gasteiger partial charge is 0.397 e. The molecule has 0 bridgehead atoms. The standard InChI is InChI=1S/C15H17ClN2O2S/c1-9-4-5-12(6-10(9)2)18-21(19,20)15-8-14(17)13(16)7-11(15)3/h4-8,18H,17H2,1-3H3. The van der Waals surface area contributed by atoms with E-state index in [4.69, 9.17) is 17.3 Å². The molecule has 0 amide bonds. The van der Waals surface area contributed by atoms with Crippen LogP contribution in [0.15, 0.2) is 35.2 Å². The van der Waals surface area contributed by atoms with Gasteiger partial charge < -0.3 is 5.73 Å². The van der Waals surface area contributed by atoms with Gasteiger partial charge in [0.25, 0.3) is 10.0 Å². The Labute approximate surface area is 130 Å². The van der Waals surface area contributed by atoms with Crippen LogP contribution in [0.1, 0.15) is 16.7 Å². The Morgan fingerprint density at radius 3 is 2.29 bits per heavy atom. The summed E-state index contributed by atoms with van der Waals surface area (Å²) in [5.74, 6) is 0. The number of halogens is 1. The van der Waals surface area contributed by atoms with E-state index in [0.717, 1.165) is 11.1 Å². The van der Waals surface area contributed by atoms with Crippen molar-refractivity contribution < 1.29 is 8.42 Å². The Morgan fingerprint density at radius 1 is 1.00 bits per heavy atom. The third-order valence-corrected chi connectivity index (χ3v) is 5.19. The van der Waals surface area contributed by atoms with Crippen molar-refractivity contribution in [2.24, 2.45) is 0 Å². The van der Waals surface area contributed by atoms with Crippen LogP contribution in [-0.2, 0) is 10.0 Å². The maximum atomic E-state index is 12.5. The van der Waals surface area contributed by atoms with Gasteiger partial charge in [-0.3, -0.25) is 4.72 Å². The lowest BCUT2D eigenvalue weighted by Gasteiger charge is -2.13. The molecule has 3 N–H and O–H groups in total. The Bertz CT molecular complexity index is 802. The van der Waals surface area contributed by atoms with Gasteiger partial charge in [0.05, 0.1) is 15.6 Å². The topological polar surface area (TPSA) is 72.2 Å². The molecule has 6 heteroatoms. The summed E-state index contributed by atoms with van der Waals surface area (Å²) in [5.41, 5.74) is 9.12. The molecule has 0 aliphatic heterocycles. The minimum absolute atomic E-state index is 0.127. The molecule has 0 aliphatic rings. The van der Waals surface area contributed by atoms with Gasteiger partial charge in [0.1, 0.15) is 0 Å². The summed E-state index contributed by atoms with van der Waals surface area (Å²) in [4.78, 5) is 0.127. The van der Waals surface area contributed by atoms with Gasteiger partial charge in [-0.1, -0.05) is 17.7 Å². The van der Waals surface area contributed by atoms with Gasteiger partial charge in [-0.15, -0.1) is 0 Å². The van der Waals surface area contributed by atoms with E-state index < -0.39 is 10.0 Å². The van der Waals surface area contributed by atoms with E-state index in [0.29, 0.717) is 16.3 Å². The smallest absolute Gasteiger partial charge is 0.262 e. The molecule has 4 nitrogen and oxygen atoms in total. The molecule has 2 aromatic carbocycles. The average Bonchev–Trinajstić information content (AvgIpc) is 2.37. The first kappa shape index (κ1) is 15.7. The second-order valence-electron chi connectivity index (χ2n) is 5.04. The number of anilines is 2. The summed E-state index contributed by atoms with van der Waals surface area (Å²) in [7, 11) is -3.70. The van der Waals surface area contributed by atoms with Crippen LogP contribution in [0.4, 0.5) is 11.4 Å². The minimum Gasteiger partial charge on any atom is -0.397 e. The first-order valence-electron chi connectivity index (χ1n) is 6.36. The molecule has 21 heavy (non-hydrogen) atoms. The van der Waals surface area contributed by atoms with Crippen LogP contribution < -0.4 is 10.5 Å². The van der Waals surface area contributed by atoms with Gasteiger partial charge in [0, 0.05) is 5.69 Å². The average molecular weight is 325 g/mol. The zero-order chi connectivity index (χ0) is 15.8. The monoisotopic (exact) mass is 324 g/mol. The van der Waals surface area contributed by atoms with Crippen molar-refractivity contribution in [2.75, 3.05) is 10.5 Å². The highest BCUT2D eigenvalue weighted by Gasteiger charge is 2.18. The minimum atomic E-state index is -3.70. The predicted octanol–water partition coefficient (Wildman–Crippen LogP) is 3.65. The second kappa shape index (κ2) is 5.58. The predicted molar refractivity (Wildman–Crippen MR) is 87.3 cm³/mol. The summed E-state index contributed by atoms with van der Waals surface area (Å²) in [6.07, 6.45) is 0. The van der Waals surface area contributed by atoms with E-state index in [-0.39, 0.29) is 10.6 Å². The molecular formula is C15H17ClN2O2S. The maximum Gasteiger partial charge on any atom is 0.262 e. The normalized spacial score (nSPS) is 11.4. The number of nitrogen functional groups attached to an aromatic ring is 1. The second-order valence-corrected chi connectivity index (χ2v) is 7.10. The number of aryl methyl sites for hydroxylation is 3. The van der Waals surface area contributed by atoms with E-state index in [1.165, 1.54) is 6.07 Å². The van der Waals surface area contributed by atoms with Crippen LogP contribution in [0.25, 0.3) is 0 Å². The van der Waals surface area contributed by atoms with Crippen molar-refractivity contribution in [2.45, 2.75) is 25.7 Å². The highest BCUT2D eigenvalue weighted by molar-refractivity contribution is 7.92. The zero-order valence-corrected chi connectivity index (χ0v) is 13.6. The number of nitrogens with one attached hydrogen (secondary N) is 1. The first-order chi connectivity index (χ1) is 9.70.